The van der Waals surface area contributed by atoms with Crippen LogP contribution in [0, 0.1) is 0 Å². The highest BCUT2D eigenvalue weighted by Crippen LogP contribution is 2.21. The van der Waals surface area contributed by atoms with Crippen LogP contribution in [0.1, 0.15) is 5.56 Å². The lowest BCUT2D eigenvalue weighted by Gasteiger charge is -2.07. The maximum absolute atomic E-state index is 6.05. The summed E-state index contributed by atoms with van der Waals surface area (Å²) in [7, 11) is 0. The van der Waals surface area contributed by atoms with Gasteiger partial charge in [0.2, 0.25) is 0 Å². The molecule has 4 heteroatoms. The lowest BCUT2D eigenvalue weighted by Crippen LogP contribution is -2.01. The Morgan fingerprint density at radius 2 is 2.00 bits per heavy atom. The largest absolute Gasteiger partial charge is 0.366 e. The Kier molecular flexibility index (Phi) is 3.65. The Balaban J connectivity index is 2.05. The van der Waals surface area contributed by atoms with Gasteiger partial charge in [-0.2, -0.15) is 0 Å². The summed E-state index contributed by atoms with van der Waals surface area (Å²) in [5.74, 6) is 0.827. The number of hydrogen-bond donors (Lipinski definition) is 1. The monoisotopic (exact) mass is 252 g/mol. The summed E-state index contributed by atoms with van der Waals surface area (Å²) in [6.45, 7) is 0.632. The Hall–Kier alpha value is -1.25. The van der Waals surface area contributed by atoms with Crippen LogP contribution in [0.15, 0.2) is 42.6 Å². The number of anilines is 1. The molecule has 1 aromatic carbocycles. The Morgan fingerprint density at radius 1 is 1.12 bits per heavy atom. The number of nitrogens with one attached hydrogen (secondary N) is 1. The summed E-state index contributed by atoms with van der Waals surface area (Å²) in [5, 5.41) is 4.49. The fourth-order valence-corrected chi connectivity index (χ4v) is 1.79. The van der Waals surface area contributed by atoms with Crippen LogP contribution in [0.2, 0.25) is 10.0 Å². The van der Waals surface area contributed by atoms with Crippen LogP contribution in [0.3, 0.4) is 0 Å². The van der Waals surface area contributed by atoms with Gasteiger partial charge in [-0.15, -0.1) is 0 Å². The molecule has 0 bridgehead atoms. The van der Waals surface area contributed by atoms with E-state index in [2.05, 4.69) is 10.3 Å². The average Bonchev–Trinajstić information content (AvgIpc) is 2.29. The molecule has 2 rings (SSSR count). The lowest BCUT2D eigenvalue weighted by molar-refractivity contribution is 1.11. The highest BCUT2D eigenvalue weighted by molar-refractivity contribution is 6.35. The van der Waals surface area contributed by atoms with Gasteiger partial charge in [-0.25, -0.2) is 4.98 Å². The summed E-state index contributed by atoms with van der Waals surface area (Å²) >= 11 is 11.9. The van der Waals surface area contributed by atoms with Crippen LogP contribution in [0.5, 0.6) is 0 Å². The van der Waals surface area contributed by atoms with Crippen molar-refractivity contribution in [1.82, 2.24) is 4.98 Å². The maximum atomic E-state index is 6.05. The van der Waals surface area contributed by atoms with E-state index in [0.717, 1.165) is 11.4 Å². The normalized spacial score (nSPS) is 10.1. The third-order valence-electron chi connectivity index (χ3n) is 2.14. The van der Waals surface area contributed by atoms with Crippen molar-refractivity contribution in [3.05, 3.63) is 58.2 Å². The van der Waals surface area contributed by atoms with Gasteiger partial charge in [0.1, 0.15) is 5.82 Å². The van der Waals surface area contributed by atoms with Gasteiger partial charge < -0.3 is 5.32 Å². The molecule has 0 amide bonds. The van der Waals surface area contributed by atoms with E-state index >= 15 is 0 Å². The first-order valence-electron chi connectivity index (χ1n) is 4.84. The molecule has 0 spiro atoms. The molecular formula is C12H10Cl2N2. The van der Waals surface area contributed by atoms with Crippen molar-refractivity contribution in [2.45, 2.75) is 6.54 Å². The second-order valence-corrected chi connectivity index (χ2v) is 4.15. The molecule has 2 aromatic rings. The van der Waals surface area contributed by atoms with Gasteiger partial charge in [-0.1, -0.05) is 35.3 Å². The SMILES string of the molecule is Clc1ccc(CNc2ccccn2)c(Cl)c1. The summed E-state index contributed by atoms with van der Waals surface area (Å²) < 4.78 is 0. The molecule has 0 aliphatic rings. The maximum Gasteiger partial charge on any atom is 0.126 e. The summed E-state index contributed by atoms with van der Waals surface area (Å²) in [6.07, 6.45) is 1.74. The molecule has 1 N–H and O–H groups in total. The third kappa shape index (κ3) is 2.87. The van der Waals surface area contributed by atoms with Crippen molar-refractivity contribution in [1.29, 1.82) is 0 Å². The molecular weight excluding hydrogens is 243 g/mol. The van der Waals surface area contributed by atoms with E-state index in [4.69, 9.17) is 23.2 Å². The number of halogens is 2. The van der Waals surface area contributed by atoms with E-state index in [1.165, 1.54) is 0 Å². The van der Waals surface area contributed by atoms with Crippen LogP contribution in [-0.2, 0) is 6.54 Å². The zero-order chi connectivity index (χ0) is 11.4. The highest BCUT2D eigenvalue weighted by atomic mass is 35.5. The van der Waals surface area contributed by atoms with Gasteiger partial charge in [-0.05, 0) is 29.8 Å². The fourth-order valence-electron chi connectivity index (χ4n) is 1.32. The van der Waals surface area contributed by atoms with Crippen LogP contribution in [0.4, 0.5) is 5.82 Å². The number of hydrogen-bond acceptors (Lipinski definition) is 2. The molecule has 0 fully saturated rings. The molecule has 1 heterocycles. The van der Waals surface area contributed by atoms with Crippen LogP contribution in [0.25, 0.3) is 0 Å². The Bertz CT molecular complexity index is 472. The highest BCUT2D eigenvalue weighted by Gasteiger charge is 2.01. The molecule has 1 aromatic heterocycles. The lowest BCUT2D eigenvalue weighted by atomic mass is 10.2. The molecule has 82 valence electrons. The zero-order valence-electron chi connectivity index (χ0n) is 8.45. The first-order valence-corrected chi connectivity index (χ1v) is 5.60. The van der Waals surface area contributed by atoms with Crippen LogP contribution < -0.4 is 5.32 Å². The molecule has 0 aliphatic carbocycles. The Labute approximate surface area is 104 Å². The predicted octanol–water partition coefficient (Wildman–Crippen LogP) is 4.00. The van der Waals surface area contributed by atoms with Crippen molar-refractivity contribution < 1.29 is 0 Å². The molecule has 0 saturated heterocycles. The summed E-state index contributed by atoms with van der Waals surface area (Å²) in [4.78, 5) is 4.16. The number of aromatic nitrogens is 1. The van der Waals surface area contributed by atoms with E-state index in [1.807, 2.05) is 30.3 Å². The van der Waals surface area contributed by atoms with Crippen molar-refractivity contribution in [3.8, 4) is 0 Å². The van der Waals surface area contributed by atoms with E-state index in [1.54, 1.807) is 12.3 Å². The fraction of sp³-hybridized carbons (Fsp3) is 0.0833. The average molecular weight is 253 g/mol. The summed E-state index contributed by atoms with van der Waals surface area (Å²) in [6, 6.07) is 11.2. The molecule has 0 radical (unpaired) electrons. The number of rotatable bonds is 3. The van der Waals surface area contributed by atoms with Gasteiger partial charge >= 0.3 is 0 Å². The van der Waals surface area contributed by atoms with Gasteiger partial charge in [-0.3, -0.25) is 0 Å². The minimum absolute atomic E-state index is 0.632. The van der Waals surface area contributed by atoms with E-state index < -0.39 is 0 Å². The number of nitrogens with zero attached hydrogens (tertiary/aromatic N) is 1. The quantitative estimate of drug-likeness (QED) is 0.894. The second kappa shape index (κ2) is 5.19. The molecule has 0 atom stereocenters. The minimum atomic E-state index is 0.632. The topological polar surface area (TPSA) is 24.9 Å². The van der Waals surface area contributed by atoms with E-state index in [9.17, 15) is 0 Å². The van der Waals surface area contributed by atoms with Gasteiger partial charge in [0, 0.05) is 22.8 Å². The van der Waals surface area contributed by atoms with Crippen molar-refractivity contribution in [2.75, 3.05) is 5.32 Å². The zero-order valence-corrected chi connectivity index (χ0v) is 9.96. The second-order valence-electron chi connectivity index (χ2n) is 3.30. The van der Waals surface area contributed by atoms with Crippen LogP contribution in [-0.4, -0.2) is 4.98 Å². The Morgan fingerprint density at radius 3 is 2.69 bits per heavy atom. The molecule has 0 saturated carbocycles. The van der Waals surface area contributed by atoms with Gasteiger partial charge in [0.05, 0.1) is 0 Å². The first-order chi connectivity index (χ1) is 7.75. The minimum Gasteiger partial charge on any atom is -0.366 e. The third-order valence-corrected chi connectivity index (χ3v) is 2.73. The molecule has 0 unspecified atom stereocenters. The van der Waals surface area contributed by atoms with Crippen molar-refractivity contribution >= 4 is 29.0 Å². The van der Waals surface area contributed by atoms with E-state index in [-0.39, 0.29) is 0 Å². The predicted molar refractivity (Wildman–Crippen MR) is 68.0 cm³/mol. The molecule has 16 heavy (non-hydrogen) atoms. The molecule has 0 aliphatic heterocycles. The summed E-state index contributed by atoms with van der Waals surface area (Å²) in [5.41, 5.74) is 0.997. The number of benzene rings is 1. The first kappa shape index (κ1) is 11.2. The number of pyridine rings is 1. The van der Waals surface area contributed by atoms with E-state index in [0.29, 0.717) is 16.6 Å². The smallest absolute Gasteiger partial charge is 0.126 e. The standard InChI is InChI=1S/C12H10Cl2N2/c13-10-5-4-9(11(14)7-10)8-16-12-3-1-2-6-15-12/h1-7H,8H2,(H,15,16). The van der Waals surface area contributed by atoms with Crippen molar-refractivity contribution in [3.63, 3.8) is 0 Å². The molecule has 2 nitrogen and oxygen atoms in total. The van der Waals surface area contributed by atoms with Gasteiger partial charge in [0.25, 0.3) is 0 Å². The van der Waals surface area contributed by atoms with Crippen molar-refractivity contribution in [2.24, 2.45) is 0 Å². The van der Waals surface area contributed by atoms with Gasteiger partial charge in [0.15, 0.2) is 0 Å². The van der Waals surface area contributed by atoms with Crippen LogP contribution >= 0.6 is 23.2 Å².